The van der Waals surface area contributed by atoms with Gasteiger partial charge in [0.25, 0.3) is 0 Å². The molecule has 0 spiro atoms. The molecule has 0 aromatic heterocycles. The minimum Gasteiger partial charge on any atom is -0.323 e. The van der Waals surface area contributed by atoms with Gasteiger partial charge in [-0.25, -0.2) is 8.78 Å². The van der Waals surface area contributed by atoms with Gasteiger partial charge < -0.3 is 5.73 Å². The summed E-state index contributed by atoms with van der Waals surface area (Å²) < 4.78 is 26.1. The molecular weight excluding hydrogens is 220 g/mol. The average molecular weight is 239 g/mol. The van der Waals surface area contributed by atoms with E-state index in [0.717, 1.165) is 18.9 Å². The molecule has 1 saturated carbocycles. The van der Waals surface area contributed by atoms with Gasteiger partial charge >= 0.3 is 0 Å². The third kappa shape index (κ3) is 2.49. The number of nitrogens with two attached hydrogens (primary N) is 1. The molecule has 1 nitrogen and oxygen atoms in total. The summed E-state index contributed by atoms with van der Waals surface area (Å²) in [5.41, 5.74) is 6.95. The van der Waals surface area contributed by atoms with Gasteiger partial charge in [-0.1, -0.05) is 32.3 Å². The minimum absolute atomic E-state index is 0.0164. The van der Waals surface area contributed by atoms with Gasteiger partial charge in [0.1, 0.15) is 0 Å². The van der Waals surface area contributed by atoms with Crippen LogP contribution in [-0.2, 0) is 0 Å². The highest BCUT2D eigenvalue weighted by molar-refractivity contribution is 5.23. The van der Waals surface area contributed by atoms with E-state index in [0.29, 0.717) is 5.56 Å². The van der Waals surface area contributed by atoms with Crippen molar-refractivity contribution in [3.8, 4) is 0 Å². The summed E-state index contributed by atoms with van der Waals surface area (Å²) in [5.74, 6) is -1.62. The Morgan fingerprint density at radius 2 is 1.76 bits per heavy atom. The fourth-order valence-electron chi connectivity index (χ4n) is 2.78. The van der Waals surface area contributed by atoms with E-state index >= 15 is 0 Å². The quantitative estimate of drug-likeness (QED) is 0.831. The highest BCUT2D eigenvalue weighted by atomic mass is 19.2. The molecule has 2 rings (SSSR count). The summed E-state index contributed by atoms with van der Waals surface area (Å²) >= 11 is 0. The molecule has 1 aliphatic rings. The molecule has 1 fully saturated rings. The first-order chi connectivity index (χ1) is 8.03. The van der Waals surface area contributed by atoms with E-state index in [1.54, 1.807) is 6.07 Å². The predicted molar refractivity (Wildman–Crippen MR) is 64.5 cm³/mol. The number of benzene rings is 1. The van der Waals surface area contributed by atoms with Gasteiger partial charge in [-0.2, -0.15) is 0 Å². The van der Waals surface area contributed by atoms with Gasteiger partial charge in [0, 0.05) is 6.04 Å². The Balaban J connectivity index is 2.23. The van der Waals surface area contributed by atoms with Gasteiger partial charge in [-0.3, -0.25) is 0 Å². The second kappa shape index (κ2) is 4.73. The molecule has 2 N–H and O–H groups in total. The molecule has 1 unspecified atom stereocenters. The molecule has 1 aromatic rings. The van der Waals surface area contributed by atoms with Crippen molar-refractivity contribution in [3.05, 3.63) is 35.4 Å². The smallest absolute Gasteiger partial charge is 0.159 e. The standard InChI is InChI=1S/C14H19F2N/c1-14(7-3-2-4-8-14)13(17)10-5-6-11(15)12(16)9-10/h5-6,9,13H,2-4,7-8,17H2,1H3. The summed E-state index contributed by atoms with van der Waals surface area (Å²) in [6.45, 7) is 2.15. The fraction of sp³-hybridized carbons (Fsp3) is 0.571. The van der Waals surface area contributed by atoms with Gasteiger partial charge in [-0.05, 0) is 36.0 Å². The van der Waals surface area contributed by atoms with Gasteiger partial charge in [0.2, 0.25) is 0 Å². The summed E-state index contributed by atoms with van der Waals surface area (Å²) in [6, 6.07) is 3.79. The van der Waals surface area contributed by atoms with E-state index in [9.17, 15) is 8.78 Å². The lowest BCUT2D eigenvalue weighted by Gasteiger charge is -2.39. The van der Waals surface area contributed by atoms with Crippen LogP contribution in [0.5, 0.6) is 0 Å². The third-order valence-electron chi connectivity index (χ3n) is 4.05. The van der Waals surface area contributed by atoms with E-state index in [2.05, 4.69) is 6.92 Å². The molecule has 3 heteroatoms. The monoisotopic (exact) mass is 239 g/mol. The van der Waals surface area contributed by atoms with E-state index in [1.165, 1.54) is 25.3 Å². The fourth-order valence-corrected chi connectivity index (χ4v) is 2.78. The second-order valence-corrected chi connectivity index (χ2v) is 5.37. The molecule has 0 amide bonds. The molecule has 0 saturated heterocycles. The van der Waals surface area contributed by atoms with Crippen molar-refractivity contribution < 1.29 is 8.78 Å². The van der Waals surface area contributed by atoms with Crippen molar-refractivity contribution in [2.24, 2.45) is 11.1 Å². The lowest BCUT2D eigenvalue weighted by atomic mass is 9.69. The molecular formula is C14H19F2N. The predicted octanol–water partition coefficient (Wildman–Crippen LogP) is 3.94. The highest BCUT2D eigenvalue weighted by Crippen LogP contribution is 2.44. The Kier molecular flexibility index (Phi) is 3.48. The van der Waals surface area contributed by atoms with Crippen LogP contribution in [0.1, 0.15) is 50.6 Å². The van der Waals surface area contributed by atoms with Crippen LogP contribution in [0.2, 0.25) is 0 Å². The zero-order valence-electron chi connectivity index (χ0n) is 10.2. The zero-order valence-corrected chi connectivity index (χ0v) is 10.2. The lowest BCUT2D eigenvalue weighted by molar-refractivity contribution is 0.170. The van der Waals surface area contributed by atoms with Gasteiger partial charge in [-0.15, -0.1) is 0 Å². The van der Waals surface area contributed by atoms with Gasteiger partial charge in [0.15, 0.2) is 11.6 Å². The molecule has 1 aromatic carbocycles. The summed E-state index contributed by atoms with van der Waals surface area (Å²) in [4.78, 5) is 0. The Bertz CT molecular complexity index is 397. The molecule has 0 heterocycles. The Morgan fingerprint density at radius 3 is 2.35 bits per heavy atom. The van der Waals surface area contributed by atoms with Crippen LogP contribution in [0.25, 0.3) is 0 Å². The minimum atomic E-state index is -0.810. The van der Waals surface area contributed by atoms with Crippen molar-refractivity contribution in [1.82, 2.24) is 0 Å². The van der Waals surface area contributed by atoms with Crippen LogP contribution in [0.3, 0.4) is 0 Å². The molecule has 17 heavy (non-hydrogen) atoms. The molecule has 0 bridgehead atoms. The Hall–Kier alpha value is -0.960. The normalized spacial score (nSPS) is 21.2. The van der Waals surface area contributed by atoms with Crippen molar-refractivity contribution in [2.75, 3.05) is 0 Å². The lowest BCUT2D eigenvalue weighted by Crippen LogP contribution is -2.33. The number of hydrogen-bond acceptors (Lipinski definition) is 1. The van der Waals surface area contributed by atoms with Crippen LogP contribution in [0.15, 0.2) is 18.2 Å². The maximum Gasteiger partial charge on any atom is 0.159 e. The van der Waals surface area contributed by atoms with E-state index < -0.39 is 11.6 Å². The molecule has 1 atom stereocenters. The highest BCUT2D eigenvalue weighted by Gasteiger charge is 2.34. The first-order valence-corrected chi connectivity index (χ1v) is 6.23. The van der Waals surface area contributed by atoms with Crippen molar-refractivity contribution in [3.63, 3.8) is 0 Å². The van der Waals surface area contributed by atoms with E-state index in [1.807, 2.05) is 0 Å². The number of rotatable bonds is 2. The van der Waals surface area contributed by atoms with Crippen molar-refractivity contribution in [1.29, 1.82) is 0 Å². The second-order valence-electron chi connectivity index (χ2n) is 5.37. The van der Waals surface area contributed by atoms with Crippen LogP contribution in [0, 0.1) is 17.0 Å². The van der Waals surface area contributed by atoms with Crippen molar-refractivity contribution >= 4 is 0 Å². The topological polar surface area (TPSA) is 26.0 Å². The third-order valence-corrected chi connectivity index (χ3v) is 4.05. The SMILES string of the molecule is CC1(C(N)c2ccc(F)c(F)c2)CCCCC1. The Morgan fingerprint density at radius 1 is 1.12 bits per heavy atom. The maximum atomic E-state index is 13.2. The Labute approximate surface area is 101 Å². The van der Waals surface area contributed by atoms with Crippen LogP contribution >= 0.6 is 0 Å². The molecule has 0 aliphatic heterocycles. The van der Waals surface area contributed by atoms with Crippen LogP contribution in [0.4, 0.5) is 8.78 Å². The maximum absolute atomic E-state index is 13.2. The first kappa shape index (κ1) is 12.5. The van der Waals surface area contributed by atoms with E-state index in [-0.39, 0.29) is 11.5 Å². The number of hydrogen-bond donors (Lipinski definition) is 1. The summed E-state index contributed by atoms with van der Waals surface area (Å²) in [6.07, 6.45) is 5.72. The molecule has 1 aliphatic carbocycles. The molecule has 0 radical (unpaired) electrons. The van der Waals surface area contributed by atoms with Crippen LogP contribution < -0.4 is 5.73 Å². The first-order valence-electron chi connectivity index (χ1n) is 6.23. The van der Waals surface area contributed by atoms with Crippen LogP contribution in [-0.4, -0.2) is 0 Å². The molecule has 94 valence electrons. The average Bonchev–Trinajstić information content (AvgIpc) is 2.33. The zero-order chi connectivity index (χ0) is 12.5. The summed E-state index contributed by atoms with van der Waals surface area (Å²) in [5, 5.41) is 0. The largest absolute Gasteiger partial charge is 0.323 e. The van der Waals surface area contributed by atoms with Gasteiger partial charge in [0.05, 0.1) is 0 Å². The van der Waals surface area contributed by atoms with Crippen molar-refractivity contribution in [2.45, 2.75) is 45.1 Å². The van der Waals surface area contributed by atoms with E-state index in [4.69, 9.17) is 5.73 Å². The summed E-state index contributed by atoms with van der Waals surface area (Å²) in [7, 11) is 0. The number of halogens is 2.